The molecular formula is C24H35ClN2O3. The van der Waals surface area contributed by atoms with Gasteiger partial charge in [0.25, 0.3) is 0 Å². The fraction of sp³-hybridized carbons (Fsp3) is 0.583. The van der Waals surface area contributed by atoms with Crippen LogP contribution in [-0.4, -0.2) is 28.6 Å². The van der Waals surface area contributed by atoms with E-state index in [0.717, 1.165) is 29.5 Å². The molecule has 2 amide bonds. The number of aryl methyl sites for hydroxylation is 1. The first kappa shape index (κ1) is 24.3. The van der Waals surface area contributed by atoms with Crippen molar-refractivity contribution in [2.24, 2.45) is 17.3 Å². The van der Waals surface area contributed by atoms with Gasteiger partial charge in [-0.15, -0.1) is 0 Å². The summed E-state index contributed by atoms with van der Waals surface area (Å²) < 4.78 is 0. The Morgan fingerprint density at radius 1 is 1.27 bits per heavy atom. The standard InChI is InChI=1S/C24H35ClN2O3/c1-15(2)19-14-27(13-16(3)21(28)29)22(30)26-24(19,7)18-9-8-17(20(25)12-18)10-11-23(4,5)6/h8-9,12,14-16H,10-11,13H2,1-7H3,(H,26,30)(H,28,29)/t16?,24-/m0/s1. The van der Waals surface area contributed by atoms with Crippen LogP contribution in [0, 0.1) is 17.3 Å². The van der Waals surface area contributed by atoms with Crippen LogP contribution >= 0.6 is 11.6 Å². The summed E-state index contributed by atoms with van der Waals surface area (Å²) in [6, 6.07) is 5.74. The molecule has 0 spiro atoms. The topological polar surface area (TPSA) is 69.6 Å². The zero-order valence-corrected chi connectivity index (χ0v) is 19.9. The van der Waals surface area contributed by atoms with Gasteiger partial charge >= 0.3 is 12.0 Å². The summed E-state index contributed by atoms with van der Waals surface area (Å²) in [5.41, 5.74) is 2.56. The Morgan fingerprint density at radius 3 is 2.40 bits per heavy atom. The first-order valence-electron chi connectivity index (χ1n) is 10.6. The fourth-order valence-electron chi connectivity index (χ4n) is 3.76. The molecule has 1 aromatic rings. The van der Waals surface area contributed by atoms with E-state index in [9.17, 15) is 14.7 Å². The highest BCUT2D eigenvalue weighted by molar-refractivity contribution is 6.31. The second-order valence-electron chi connectivity index (χ2n) is 10.1. The van der Waals surface area contributed by atoms with E-state index in [1.807, 2.05) is 25.3 Å². The number of urea groups is 1. The van der Waals surface area contributed by atoms with Crippen molar-refractivity contribution >= 4 is 23.6 Å². The highest BCUT2D eigenvalue weighted by Gasteiger charge is 2.40. The smallest absolute Gasteiger partial charge is 0.322 e. The van der Waals surface area contributed by atoms with E-state index >= 15 is 0 Å². The summed E-state index contributed by atoms with van der Waals surface area (Å²) in [4.78, 5) is 25.5. The minimum Gasteiger partial charge on any atom is -0.481 e. The summed E-state index contributed by atoms with van der Waals surface area (Å²) in [7, 11) is 0. The molecule has 30 heavy (non-hydrogen) atoms. The normalized spacial score (nSPS) is 20.8. The van der Waals surface area contributed by atoms with Crippen LogP contribution in [0.1, 0.15) is 66.0 Å². The first-order chi connectivity index (χ1) is 13.7. The highest BCUT2D eigenvalue weighted by Crippen LogP contribution is 2.39. The summed E-state index contributed by atoms with van der Waals surface area (Å²) in [6.07, 6.45) is 3.75. The van der Waals surface area contributed by atoms with Crippen LogP contribution in [0.15, 0.2) is 30.0 Å². The molecule has 166 valence electrons. The predicted octanol–water partition coefficient (Wildman–Crippen LogP) is 5.82. The van der Waals surface area contributed by atoms with Gasteiger partial charge in [0.15, 0.2) is 0 Å². The molecule has 0 radical (unpaired) electrons. The van der Waals surface area contributed by atoms with E-state index in [0.29, 0.717) is 5.02 Å². The Hall–Kier alpha value is -2.01. The van der Waals surface area contributed by atoms with E-state index in [1.54, 1.807) is 6.92 Å². The first-order valence-corrected chi connectivity index (χ1v) is 10.9. The van der Waals surface area contributed by atoms with Gasteiger partial charge in [-0.2, -0.15) is 0 Å². The molecule has 1 aliphatic rings. The molecule has 6 heteroatoms. The van der Waals surface area contributed by atoms with Crippen LogP contribution in [0.25, 0.3) is 0 Å². The maximum absolute atomic E-state index is 12.8. The number of nitrogens with one attached hydrogen (secondary N) is 1. The molecule has 1 aliphatic heterocycles. The second-order valence-corrected chi connectivity index (χ2v) is 10.5. The Morgan fingerprint density at radius 2 is 1.90 bits per heavy atom. The highest BCUT2D eigenvalue weighted by atomic mass is 35.5. The van der Waals surface area contributed by atoms with Gasteiger partial charge in [0.05, 0.1) is 11.5 Å². The van der Waals surface area contributed by atoms with Crippen molar-refractivity contribution in [2.75, 3.05) is 6.54 Å². The number of benzene rings is 1. The largest absolute Gasteiger partial charge is 0.481 e. The third kappa shape index (κ3) is 5.57. The van der Waals surface area contributed by atoms with Gasteiger partial charge < -0.3 is 15.3 Å². The lowest BCUT2D eigenvalue weighted by Gasteiger charge is -2.42. The minimum atomic E-state index is -0.923. The van der Waals surface area contributed by atoms with Crippen molar-refractivity contribution in [3.05, 3.63) is 46.1 Å². The van der Waals surface area contributed by atoms with Crippen molar-refractivity contribution in [3.63, 3.8) is 0 Å². The maximum atomic E-state index is 12.8. The number of carboxylic acids is 1. The molecule has 1 aromatic carbocycles. The number of amides is 2. The van der Waals surface area contributed by atoms with E-state index < -0.39 is 17.4 Å². The van der Waals surface area contributed by atoms with Crippen LogP contribution in [0.5, 0.6) is 0 Å². The van der Waals surface area contributed by atoms with Gasteiger partial charge in [0.1, 0.15) is 0 Å². The molecule has 0 fully saturated rings. The number of aliphatic carboxylic acids is 1. The van der Waals surface area contributed by atoms with Gasteiger partial charge in [0.2, 0.25) is 0 Å². The Labute approximate surface area is 185 Å². The van der Waals surface area contributed by atoms with Crippen molar-refractivity contribution in [1.82, 2.24) is 10.2 Å². The van der Waals surface area contributed by atoms with E-state index in [-0.39, 0.29) is 23.9 Å². The number of hydrogen-bond acceptors (Lipinski definition) is 2. The van der Waals surface area contributed by atoms with Gasteiger partial charge in [-0.1, -0.05) is 65.3 Å². The van der Waals surface area contributed by atoms with Crippen molar-refractivity contribution < 1.29 is 14.7 Å². The minimum absolute atomic E-state index is 0.125. The number of nitrogens with zero attached hydrogens (tertiary/aromatic N) is 1. The van der Waals surface area contributed by atoms with E-state index in [2.05, 4.69) is 46.0 Å². The molecule has 1 unspecified atom stereocenters. The Bertz CT molecular complexity index is 841. The lowest BCUT2D eigenvalue weighted by atomic mass is 9.78. The van der Waals surface area contributed by atoms with Gasteiger partial charge in [-0.05, 0) is 53.9 Å². The Kier molecular flexibility index (Phi) is 7.28. The lowest BCUT2D eigenvalue weighted by Crippen LogP contribution is -2.55. The second kappa shape index (κ2) is 9.01. The number of carboxylic acid groups (broad SMARTS) is 1. The molecule has 2 N–H and O–H groups in total. The quantitative estimate of drug-likeness (QED) is 0.568. The van der Waals surface area contributed by atoms with E-state index in [1.165, 1.54) is 4.90 Å². The molecular weight excluding hydrogens is 400 g/mol. The molecule has 0 saturated heterocycles. The number of hydrogen-bond donors (Lipinski definition) is 2. The van der Waals surface area contributed by atoms with Gasteiger partial charge in [0, 0.05) is 17.8 Å². The van der Waals surface area contributed by atoms with Crippen molar-refractivity contribution in [2.45, 2.75) is 66.8 Å². The molecule has 0 bridgehead atoms. The summed E-state index contributed by atoms with van der Waals surface area (Å²) in [5, 5.41) is 13.0. The molecule has 0 saturated carbocycles. The molecule has 2 rings (SSSR count). The zero-order chi connectivity index (χ0) is 22.9. The van der Waals surface area contributed by atoms with Crippen LogP contribution in [0.3, 0.4) is 0 Å². The van der Waals surface area contributed by atoms with Crippen LogP contribution in [0.4, 0.5) is 4.79 Å². The predicted molar refractivity (Wildman–Crippen MR) is 122 cm³/mol. The van der Waals surface area contributed by atoms with Crippen LogP contribution in [-0.2, 0) is 16.8 Å². The molecule has 0 aliphatic carbocycles. The molecule has 1 heterocycles. The number of rotatable bonds is 7. The summed E-state index contributed by atoms with van der Waals surface area (Å²) >= 11 is 6.63. The molecule has 2 atom stereocenters. The summed E-state index contributed by atoms with van der Waals surface area (Å²) in [6.45, 7) is 14.5. The van der Waals surface area contributed by atoms with Crippen LogP contribution in [0.2, 0.25) is 5.02 Å². The van der Waals surface area contributed by atoms with Gasteiger partial charge in [-0.25, -0.2) is 4.79 Å². The fourth-order valence-corrected chi connectivity index (χ4v) is 4.03. The molecule has 0 aromatic heterocycles. The lowest BCUT2D eigenvalue weighted by molar-refractivity contribution is -0.141. The monoisotopic (exact) mass is 434 g/mol. The third-order valence-corrected chi connectivity index (χ3v) is 6.13. The maximum Gasteiger partial charge on any atom is 0.322 e. The SMILES string of the molecule is CC(C)C1=CN(CC(C)C(=O)O)C(=O)N[C@@]1(C)c1ccc(CCC(C)(C)C)c(Cl)c1. The number of carbonyl (C=O) groups is 2. The van der Waals surface area contributed by atoms with Gasteiger partial charge in [-0.3, -0.25) is 4.79 Å². The summed E-state index contributed by atoms with van der Waals surface area (Å²) in [5.74, 6) is -1.42. The third-order valence-electron chi connectivity index (χ3n) is 5.78. The van der Waals surface area contributed by atoms with Crippen molar-refractivity contribution in [1.29, 1.82) is 0 Å². The van der Waals surface area contributed by atoms with Crippen LogP contribution < -0.4 is 5.32 Å². The number of halogens is 1. The van der Waals surface area contributed by atoms with Crippen molar-refractivity contribution in [3.8, 4) is 0 Å². The van der Waals surface area contributed by atoms with E-state index in [4.69, 9.17) is 11.6 Å². The zero-order valence-electron chi connectivity index (χ0n) is 19.2. The number of carbonyl (C=O) groups excluding carboxylic acids is 1. The molecule has 5 nitrogen and oxygen atoms in total. The Balaban J connectivity index is 2.38. The average Bonchev–Trinajstić information content (AvgIpc) is 2.61. The average molecular weight is 435 g/mol.